The van der Waals surface area contributed by atoms with Crippen LogP contribution in [0.3, 0.4) is 0 Å². The fourth-order valence-electron chi connectivity index (χ4n) is 4.02. The average Bonchev–Trinajstić information content (AvgIpc) is 3.41. The van der Waals surface area contributed by atoms with Crippen molar-refractivity contribution in [2.75, 3.05) is 6.54 Å². The zero-order chi connectivity index (χ0) is 25.0. The van der Waals surface area contributed by atoms with E-state index in [-0.39, 0.29) is 43.8 Å². The molecule has 0 aliphatic carbocycles. The molecule has 0 saturated carbocycles. The number of aliphatic hydroxyl groups is 2. The smallest absolute Gasteiger partial charge is 0.246 e. The van der Waals surface area contributed by atoms with Crippen molar-refractivity contribution >= 4 is 29.1 Å². The quantitative estimate of drug-likeness (QED) is 0.466. The van der Waals surface area contributed by atoms with Crippen molar-refractivity contribution in [3.63, 3.8) is 0 Å². The van der Waals surface area contributed by atoms with E-state index in [0.29, 0.717) is 5.69 Å². The SMILES string of the molecule is CC(=O)NC(C(=O)N1C[C@H](O)C[C@H]1C(=O)NCc1ccc(-c2scnc2CO)cc1)C(C)(C)C. The van der Waals surface area contributed by atoms with Crippen LogP contribution >= 0.6 is 11.3 Å². The second-order valence-corrected chi connectivity index (χ2v) is 10.5. The van der Waals surface area contributed by atoms with Crippen molar-refractivity contribution in [1.82, 2.24) is 20.5 Å². The maximum Gasteiger partial charge on any atom is 0.246 e. The molecule has 0 bridgehead atoms. The summed E-state index contributed by atoms with van der Waals surface area (Å²) in [5.74, 6) is -1.07. The standard InChI is InChI=1S/C24H32N4O5S/c1-14(30)27-21(24(2,3)4)23(33)28-11-17(31)9-19(28)22(32)25-10-15-5-7-16(8-6-15)20-18(12-29)26-13-34-20/h5-8,13,17,19,21,29,31H,9-12H2,1-4H3,(H,25,32)(H,27,30)/t17-,19+,21?/m1/s1. The molecular weight excluding hydrogens is 456 g/mol. The number of rotatable bonds is 7. The number of benzene rings is 1. The molecule has 3 amide bonds. The summed E-state index contributed by atoms with van der Waals surface area (Å²) < 4.78 is 0. The first-order valence-electron chi connectivity index (χ1n) is 11.2. The van der Waals surface area contributed by atoms with Crippen molar-refractivity contribution in [1.29, 1.82) is 0 Å². The highest BCUT2D eigenvalue weighted by Crippen LogP contribution is 2.28. The Labute approximate surface area is 203 Å². The molecule has 3 atom stereocenters. The highest BCUT2D eigenvalue weighted by Gasteiger charge is 2.44. The van der Waals surface area contributed by atoms with Gasteiger partial charge in [0.1, 0.15) is 12.1 Å². The highest BCUT2D eigenvalue weighted by atomic mass is 32.1. The van der Waals surface area contributed by atoms with E-state index in [1.807, 2.05) is 45.0 Å². The van der Waals surface area contributed by atoms with E-state index in [4.69, 9.17) is 0 Å². The Kier molecular flexibility index (Phi) is 8.06. The normalized spacial score (nSPS) is 19.1. The van der Waals surface area contributed by atoms with Gasteiger partial charge in [-0.1, -0.05) is 45.0 Å². The molecule has 34 heavy (non-hydrogen) atoms. The Balaban J connectivity index is 1.67. The summed E-state index contributed by atoms with van der Waals surface area (Å²) in [5.41, 5.74) is 3.56. The monoisotopic (exact) mass is 488 g/mol. The lowest BCUT2D eigenvalue weighted by Crippen LogP contribution is -2.57. The number of hydrogen-bond acceptors (Lipinski definition) is 7. The first kappa shape index (κ1) is 25.8. The maximum atomic E-state index is 13.3. The fourth-order valence-corrected chi connectivity index (χ4v) is 4.83. The van der Waals surface area contributed by atoms with Gasteiger partial charge in [0.2, 0.25) is 17.7 Å². The first-order valence-corrected chi connectivity index (χ1v) is 12.0. The Morgan fingerprint density at radius 3 is 2.50 bits per heavy atom. The van der Waals surface area contributed by atoms with Crippen molar-refractivity contribution in [2.24, 2.45) is 5.41 Å². The van der Waals surface area contributed by atoms with Crippen LogP contribution in [-0.4, -0.2) is 62.6 Å². The third-order valence-corrected chi connectivity index (χ3v) is 6.72. The molecule has 1 aromatic carbocycles. The number of nitrogens with zero attached hydrogens (tertiary/aromatic N) is 2. The predicted molar refractivity (Wildman–Crippen MR) is 129 cm³/mol. The Morgan fingerprint density at radius 2 is 1.91 bits per heavy atom. The van der Waals surface area contributed by atoms with Gasteiger partial charge >= 0.3 is 0 Å². The zero-order valence-electron chi connectivity index (χ0n) is 19.9. The molecule has 1 aliphatic heterocycles. The summed E-state index contributed by atoms with van der Waals surface area (Å²) in [6.07, 6.45) is -0.667. The van der Waals surface area contributed by atoms with E-state index in [2.05, 4.69) is 15.6 Å². The van der Waals surface area contributed by atoms with Crippen LogP contribution in [0.2, 0.25) is 0 Å². The van der Waals surface area contributed by atoms with Crippen LogP contribution in [0.25, 0.3) is 10.4 Å². The van der Waals surface area contributed by atoms with Gasteiger partial charge in [0.05, 0.1) is 28.8 Å². The number of aliphatic hydroxyl groups excluding tert-OH is 2. The molecule has 2 aromatic rings. The summed E-state index contributed by atoms with van der Waals surface area (Å²) in [7, 11) is 0. The minimum absolute atomic E-state index is 0.0415. The maximum absolute atomic E-state index is 13.3. The number of thiazole rings is 1. The van der Waals surface area contributed by atoms with E-state index in [9.17, 15) is 24.6 Å². The second-order valence-electron chi connectivity index (χ2n) is 9.60. The van der Waals surface area contributed by atoms with E-state index in [1.54, 1.807) is 5.51 Å². The van der Waals surface area contributed by atoms with Crippen LogP contribution in [0.5, 0.6) is 0 Å². The second kappa shape index (κ2) is 10.6. The van der Waals surface area contributed by atoms with Gasteiger partial charge in [0, 0.05) is 26.4 Å². The lowest BCUT2D eigenvalue weighted by atomic mass is 9.85. The summed E-state index contributed by atoms with van der Waals surface area (Å²) in [5, 5.41) is 25.2. The fraction of sp³-hybridized carbons (Fsp3) is 0.500. The number of carbonyl (C=O) groups is 3. The van der Waals surface area contributed by atoms with Crippen molar-refractivity contribution in [3.05, 3.63) is 41.0 Å². The van der Waals surface area contributed by atoms with Crippen LogP contribution in [0.4, 0.5) is 0 Å². The minimum atomic E-state index is -0.815. The summed E-state index contributed by atoms with van der Waals surface area (Å²) in [6, 6.07) is 5.96. The van der Waals surface area contributed by atoms with E-state index >= 15 is 0 Å². The zero-order valence-corrected chi connectivity index (χ0v) is 20.7. The van der Waals surface area contributed by atoms with Gasteiger partial charge in [0.25, 0.3) is 0 Å². The van der Waals surface area contributed by atoms with Crippen LogP contribution < -0.4 is 10.6 Å². The van der Waals surface area contributed by atoms with E-state index < -0.39 is 23.6 Å². The highest BCUT2D eigenvalue weighted by molar-refractivity contribution is 7.13. The minimum Gasteiger partial charge on any atom is -0.391 e. The molecule has 1 saturated heterocycles. The summed E-state index contributed by atoms with van der Waals surface area (Å²) in [4.78, 5) is 44.3. The molecule has 4 N–H and O–H groups in total. The third kappa shape index (κ3) is 5.99. The van der Waals surface area contributed by atoms with Crippen LogP contribution in [0.15, 0.2) is 29.8 Å². The molecule has 1 aliphatic rings. The van der Waals surface area contributed by atoms with Crippen LogP contribution in [0.1, 0.15) is 45.4 Å². The molecule has 1 unspecified atom stereocenters. The number of nitrogens with one attached hydrogen (secondary N) is 2. The van der Waals surface area contributed by atoms with Gasteiger partial charge in [-0.05, 0) is 16.5 Å². The lowest BCUT2D eigenvalue weighted by Gasteiger charge is -2.35. The van der Waals surface area contributed by atoms with Crippen molar-refractivity contribution in [3.8, 4) is 10.4 Å². The number of hydrogen-bond donors (Lipinski definition) is 4. The Hall–Kier alpha value is -2.82. The molecule has 1 fully saturated rings. The molecule has 2 heterocycles. The molecule has 9 nitrogen and oxygen atoms in total. The number of aromatic nitrogens is 1. The molecule has 1 aromatic heterocycles. The average molecular weight is 489 g/mol. The molecule has 184 valence electrons. The van der Waals surface area contributed by atoms with Gasteiger partial charge in [-0.3, -0.25) is 14.4 Å². The summed E-state index contributed by atoms with van der Waals surface area (Å²) in [6.45, 7) is 7.04. The van der Waals surface area contributed by atoms with Crippen molar-refractivity contribution < 1.29 is 24.6 Å². The lowest BCUT2D eigenvalue weighted by molar-refractivity contribution is -0.143. The van der Waals surface area contributed by atoms with Gasteiger partial charge in [-0.2, -0.15) is 0 Å². The Morgan fingerprint density at radius 1 is 1.24 bits per heavy atom. The number of amides is 3. The van der Waals surface area contributed by atoms with Crippen LogP contribution in [-0.2, 0) is 27.5 Å². The molecule has 3 rings (SSSR count). The van der Waals surface area contributed by atoms with Gasteiger partial charge in [-0.15, -0.1) is 11.3 Å². The largest absolute Gasteiger partial charge is 0.391 e. The van der Waals surface area contributed by atoms with Gasteiger partial charge in [-0.25, -0.2) is 4.98 Å². The number of likely N-dealkylation sites (tertiary alicyclic amines) is 1. The molecule has 0 spiro atoms. The Bertz CT molecular complexity index is 1030. The molecule has 0 radical (unpaired) electrons. The van der Waals surface area contributed by atoms with Gasteiger partial charge < -0.3 is 25.7 Å². The van der Waals surface area contributed by atoms with Gasteiger partial charge in [0.15, 0.2) is 0 Å². The van der Waals surface area contributed by atoms with Crippen LogP contribution in [0, 0.1) is 5.41 Å². The van der Waals surface area contributed by atoms with E-state index in [0.717, 1.165) is 16.0 Å². The van der Waals surface area contributed by atoms with Crippen molar-refractivity contribution in [2.45, 2.75) is 65.5 Å². The third-order valence-electron chi connectivity index (χ3n) is 5.80. The molecular formula is C24H32N4O5S. The predicted octanol–water partition coefficient (Wildman–Crippen LogP) is 1.43. The topological polar surface area (TPSA) is 132 Å². The summed E-state index contributed by atoms with van der Waals surface area (Å²) >= 11 is 1.45. The number of carbonyl (C=O) groups excluding carboxylic acids is 3. The first-order chi connectivity index (χ1) is 16.0. The number of β-amino-alcohol motifs (C(OH)–C–C–N with tert-alkyl or cyclic N) is 1. The molecule has 10 heteroatoms. The van der Waals surface area contributed by atoms with E-state index in [1.165, 1.54) is 23.2 Å².